The number of ether oxygens (including phenoxy) is 2. The van der Waals surface area contributed by atoms with Crippen LogP contribution in [0.2, 0.25) is 0 Å². The lowest BCUT2D eigenvalue weighted by Gasteiger charge is -2.04. The predicted molar refractivity (Wildman–Crippen MR) is 93.0 cm³/mol. The Morgan fingerprint density at radius 1 is 1.08 bits per heavy atom. The first-order chi connectivity index (χ1) is 11.4. The molecule has 2 aromatic rings. The summed E-state index contributed by atoms with van der Waals surface area (Å²) in [5.41, 5.74) is 1.54. The van der Waals surface area contributed by atoms with Gasteiger partial charge in [-0.3, -0.25) is 4.79 Å². The number of carbonyl (C=O) groups excluding carboxylic acids is 3. The number of esters is 2. The fourth-order valence-electron chi connectivity index (χ4n) is 1.89. The fraction of sp³-hybridized carbons (Fsp3) is 0.312. The molecule has 2 heterocycles. The molecule has 0 radical (unpaired) electrons. The molecule has 2 aromatic heterocycles. The third-order valence-corrected chi connectivity index (χ3v) is 5.15. The zero-order chi connectivity index (χ0) is 17.7. The molecule has 0 saturated heterocycles. The van der Waals surface area contributed by atoms with Gasteiger partial charge in [-0.05, 0) is 49.4 Å². The van der Waals surface area contributed by atoms with E-state index in [2.05, 4.69) is 5.32 Å². The number of thiophene rings is 2. The highest BCUT2D eigenvalue weighted by Gasteiger charge is 2.17. The lowest BCUT2D eigenvalue weighted by Crippen LogP contribution is -2.20. The van der Waals surface area contributed by atoms with Gasteiger partial charge in [0.2, 0.25) is 0 Å². The molecule has 0 atom stereocenters. The Balaban J connectivity index is 1.91. The van der Waals surface area contributed by atoms with E-state index in [9.17, 15) is 14.4 Å². The first-order valence-corrected chi connectivity index (χ1v) is 8.90. The molecule has 1 amide bonds. The topological polar surface area (TPSA) is 81.7 Å². The summed E-state index contributed by atoms with van der Waals surface area (Å²) in [7, 11) is 0. The predicted octanol–water partition coefficient (Wildman–Crippen LogP) is 3.40. The third-order valence-electron chi connectivity index (χ3n) is 3.02. The van der Waals surface area contributed by atoms with E-state index in [4.69, 9.17) is 9.47 Å². The normalized spacial score (nSPS) is 10.3. The van der Waals surface area contributed by atoms with Crippen LogP contribution in [0.3, 0.4) is 0 Å². The molecule has 2 rings (SSSR count). The number of rotatable bonds is 6. The molecular formula is C16H17NO5S2. The second-order valence-corrected chi connectivity index (χ2v) is 6.87. The van der Waals surface area contributed by atoms with Crippen LogP contribution in [0, 0.1) is 13.8 Å². The summed E-state index contributed by atoms with van der Waals surface area (Å²) in [6.45, 7) is 5.20. The van der Waals surface area contributed by atoms with Crippen molar-refractivity contribution in [1.29, 1.82) is 0 Å². The Morgan fingerprint density at radius 2 is 1.79 bits per heavy atom. The molecule has 0 unspecified atom stereocenters. The number of anilines is 1. The van der Waals surface area contributed by atoms with Crippen molar-refractivity contribution in [1.82, 2.24) is 0 Å². The molecule has 0 bridgehead atoms. The minimum atomic E-state index is -0.521. The maximum atomic E-state index is 11.9. The molecule has 0 spiro atoms. The van der Waals surface area contributed by atoms with Crippen molar-refractivity contribution in [3.63, 3.8) is 0 Å². The quantitative estimate of drug-likeness (QED) is 0.792. The standard InChI is InChI=1S/C16H17NO5S2/c1-4-21-16(20)14-10(3)7-12(24-14)17-11(18)8-22-15(19)13-9(2)5-6-23-13/h5-7H,4,8H2,1-3H3,(H,17,18). The molecule has 24 heavy (non-hydrogen) atoms. The maximum absolute atomic E-state index is 11.9. The van der Waals surface area contributed by atoms with Gasteiger partial charge in [-0.1, -0.05) is 0 Å². The number of carbonyl (C=O) groups is 3. The van der Waals surface area contributed by atoms with Crippen molar-refractivity contribution >= 4 is 45.5 Å². The number of amides is 1. The van der Waals surface area contributed by atoms with E-state index in [-0.39, 0.29) is 13.2 Å². The Labute approximate surface area is 147 Å². The van der Waals surface area contributed by atoms with Gasteiger partial charge in [0, 0.05) is 0 Å². The summed E-state index contributed by atoms with van der Waals surface area (Å²) in [4.78, 5) is 36.4. The molecular weight excluding hydrogens is 350 g/mol. The van der Waals surface area contributed by atoms with Crippen LogP contribution >= 0.6 is 22.7 Å². The van der Waals surface area contributed by atoms with Crippen LogP contribution in [0.4, 0.5) is 5.00 Å². The van der Waals surface area contributed by atoms with Crippen molar-refractivity contribution in [3.8, 4) is 0 Å². The average Bonchev–Trinajstić information content (AvgIpc) is 3.11. The first-order valence-electron chi connectivity index (χ1n) is 7.21. The summed E-state index contributed by atoms with van der Waals surface area (Å²) in [6, 6.07) is 3.49. The van der Waals surface area contributed by atoms with Gasteiger partial charge >= 0.3 is 11.9 Å². The minimum absolute atomic E-state index is 0.288. The van der Waals surface area contributed by atoms with E-state index in [1.165, 1.54) is 11.3 Å². The molecule has 0 aliphatic carbocycles. The van der Waals surface area contributed by atoms with Crippen LogP contribution in [0.1, 0.15) is 37.4 Å². The largest absolute Gasteiger partial charge is 0.462 e. The van der Waals surface area contributed by atoms with E-state index in [0.29, 0.717) is 14.8 Å². The van der Waals surface area contributed by atoms with Gasteiger partial charge in [0.15, 0.2) is 6.61 Å². The number of hydrogen-bond donors (Lipinski definition) is 1. The highest BCUT2D eigenvalue weighted by molar-refractivity contribution is 7.18. The smallest absolute Gasteiger partial charge is 0.349 e. The van der Waals surface area contributed by atoms with Crippen LogP contribution in [-0.2, 0) is 14.3 Å². The summed E-state index contributed by atoms with van der Waals surface area (Å²) in [6.07, 6.45) is 0. The van der Waals surface area contributed by atoms with Crippen LogP contribution in [0.15, 0.2) is 17.5 Å². The monoisotopic (exact) mass is 367 g/mol. The molecule has 0 aliphatic rings. The zero-order valence-corrected chi connectivity index (χ0v) is 15.1. The van der Waals surface area contributed by atoms with Crippen molar-refractivity contribution in [2.45, 2.75) is 20.8 Å². The molecule has 128 valence electrons. The SMILES string of the molecule is CCOC(=O)c1sc(NC(=O)COC(=O)c2sccc2C)cc1C. The van der Waals surface area contributed by atoms with E-state index in [0.717, 1.165) is 22.5 Å². The second-order valence-electron chi connectivity index (χ2n) is 4.90. The van der Waals surface area contributed by atoms with Gasteiger partial charge in [0.1, 0.15) is 9.75 Å². The van der Waals surface area contributed by atoms with E-state index >= 15 is 0 Å². The molecule has 1 N–H and O–H groups in total. The van der Waals surface area contributed by atoms with Crippen molar-refractivity contribution < 1.29 is 23.9 Å². The number of aryl methyl sites for hydroxylation is 2. The van der Waals surface area contributed by atoms with Gasteiger partial charge in [-0.25, -0.2) is 9.59 Å². The lowest BCUT2D eigenvalue weighted by molar-refractivity contribution is -0.119. The molecule has 0 aliphatic heterocycles. The fourth-order valence-corrected chi connectivity index (χ4v) is 3.69. The zero-order valence-electron chi connectivity index (χ0n) is 13.5. The van der Waals surface area contributed by atoms with E-state index < -0.39 is 17.8 Å². The Hall–Kier alpha value is -2.19. The Bertz CT molecular complexity index is 762. The molecule has 8 heteroatoms. The van der Waals surface area contributed by atoms with Gasteiger partial charge in [0.25, 0.3) is 5.91 Å². The molecule has 0 fully saturated rings. The molecule has 0 aromatic carbocycles. The number of nitrogens with one attached hydrogen (secondary N) is 1. The first kappa shape index (κ1) is 18.2. The minimum Gasteiger partial charge on any atom is -0.462 e. The van der Waals surface area contributed by atoms with Gasteiger partial charge < -0.3 is 14.8 Å². The summed E-state index contributed by atoms with van der Waals surface area (Å²) in [5, 5.41) is 4.91. The van der Waals surface area contributed by atoms with Crippen LogP contribution in [0.5, 0.6) is 0 Å². The summed E-state index contributed by atoms with van der Waals surface area (Å²) in [5.74, 6) is -1.40. The van der Waals surface area contributed by atoms with Gasteiger partial charge in [-0.15, -0.1) is 22.7 Å². The van der Waals surface area contributed by atoms with Crippen molar-refractivity contribution in [2.75, 3.05) is 18.5 Å². The lowest BCUT2D eigenvalue weighted by atomic mass is 10.3. The highest BCUT2D eigenvalue weighted by Crippen LogP contribution is 2.27. The van der Waals surface area contributed by atoms with Gasteiger partial charge in [-0.2, -0.15) is 0 Å². The highest BCUT2D eigenvalue weighted by atomic mass is 32.1. The van der Waals surface area contributed by atoms with Crippen LogP contribution in [0.25, 0.3) is 0 Å². The maximum Gasteiger partial charge on any atom is 0.349 e. The Kier molecular flexibility index (Phi) is 6.10. The second kappa shape index (κ2) is 8.07. The van der Waals surface area contributed by atoms with E-state index in [1.807, 2.05) is 6.07 Å². The Morgan fingerprint density at radius 3 is 2.42 bits per heavy atom. The summed E-state index contributed by atoms with van der Waals surface area (Å²) >= 11 is 2.40. The van der Waals surface area contributed by atoms with Crippen LogP contribution in [-0.4, -0.2) is 31.1 Å². The molecule has 0 saturated carbocycles. The number of hydrogen-bond acceptors (Lipinski definition) is 7. The average molecular weight is 367 g/mol. The van der Waals surface area contributed by atoms with Gasteiger partial charge in [0.05, 0.1) is 11.6 Å². The molecule has 6 nitrogen and oxygen atoms in total. The summed E-state index contributed by atoms with van der Waals surface area (Å²) < 4.78 is 9.95. The van der Waals surface area contributed by atoms with E-state index in [1.54, 1.807) is 32.2 Å². The van der Waals surface area contributed by atoms with Crippen LogP contribution < -0.4 is 5.32 Å². The third kappa shape index (κ3) is 4.42. The van der Waals surface area contributed by atoms with Crippen molar-refractivity contribution in [2.24, 2.45) is 0 Å². The van der Waals surface area contributed by atoms with Crippen molar-refractivity contribution in [3.05, 3.63) is 38.4 Å².